The van der Waals surface area contributed by atoms with Crippen LogP contribution in [0.4, 0.5) is 5.69 Å². The van der Waals surface area contributed by atoms with Gasteiger partial charge >= 0.3 is 0 Å². The zero-order valence-corrected chi connectivity index (χ0v) is 21.2. The van der Waals surface area contributed by atoms with Crippen molar-refractivity contribution in [3.63, 3.8) is 0 Å². The Morgan fingerprint density at radius 1 is 1.17 bits per heavy atom. The van der Waals surface area contributed by atoms with Gasteiger partial charge in [0, 0.05) is 65.0 Å². The quantitative estimate of drug-likeness (QED) is 0.674. The molecule has 0 spiro atoms. The van der Waals surface area contributed by atoms with E-state index in [2.05, 4.69) is 29.0 Å². The number of pyridine rings is 1. The van der Waals surface area contributed by atoms with Crippen LogP contribution in [0.15, 0.2) is 42.7 Å². The molecule has 0 saturated heterocycles. The smallest absolute Gasteiger partial charge is 0.257 e. The number of hydrogen-bond acceptors (Lipinski definition) is 7. The number of amides is 2. The second kappa shape index (κ2) is 12.6. The van der Waals surface area contributed by atoms with Crippen molar-refractivity contribution >= 4 is 17.5 Å². The molecule has 1 aromatic carbocycles. The first-order valence-corrected chi connectivity index (χ1v) is 11.8. The van der Waals surface area contributed by atoms with Gasteiger partial charge in [0.05, 0.1) is 11.7 Å². The van der Waals surface area contributed by atoms with Crippen LogP contribution in [-0.2, 0) is 20.8 Å². The molecule has 9 nitrogen and oxygen atoms in total. The van der Waals surface area contributed by atoms with Crippen LogP contribution in [0, 0.1) is 5.92 Å². The third-order valence-corrected chi connectivity index (χ3v) is 6.27. The monoisotopic (exact) mass is 484 g/mol. The number of fused-ring (bicyclic) bond motifs is 1. The fraction of sp³-hybridized carbons (Fsp3) is 0.500. The van der Waals surface area contributed by atoms with Gasteiger partial charge in [-0.1, -0.05) is 6.92 Å². The fourth-order valence-corrected chi connectivity index (χ4v) is 4.20. The minimum atomic E-state index is -0.295. The predicted molar refractivity (Wildman–Crippen MR) is 133 cm³/mol. The van der Waals surface area contributed by atoms with E-state index >= 15 is 0 Å². The largest absolute Gasteiger partial charge is 0.491 e. The second-order valence-corrected chi connectivity index (χ2v) is 9.07. The molecular weight excluding hydrogens is 448 g/mol. The van der Waals surface area contributed by atoms with Gasteiger partial charge in [0.1, 0.15) is 19.0 Å². The van der Waals surface area contributed by atoms with E-state index < -0.39 is 0 Å². The summed E-state index contributed by atoms with van der Waals surface area (Å²) in [7, 11) is 4.89. The molecule has 2 amide bonds. The van der Waals surface area contributed by atoms with Gasteiger partial charge in [0.15, 0.2) is 0 Å². The Bertz CT molecular complexity index is 987. The average Bonchev–Trinajstić information content (AvgIpc) is 2.85. The average molecular weight is 485 g/mol. The Kier molecular flexibility index (Phi) is 9.59. The summed E-state index contributed by atoms with van der Waals surface area (Å²) in [5.74, 6) is 0.151. The van der Waals surface area contributed by atoms with Gasteiger partial charge in [-0.2, -0.15) is 0 Å². The summed E-state index contributed by atoms with van der Waals surface area (Å²) in [4.78, 5) is 33.5. The molecule has 0 radical (unpaired) electrons. The van der Waals surface area contributed by atoms with Crippen LogP contribution in [0.3, 0.4) is 0 Å². The topological polar surface area (TPSA) is 93.2 Å². The Labute approximate surface area is 207 Å². The van der Waals surface area contributed by atoms with Crippen LogP contribution in [-0.4, -0.2) is 86.3 Å². The van der Waals surface area contributed by atoms with Crippen LogP contribution in [0.2, 0.25) is 0 Å². The van der Waals surface area contributed by atoms with Crippen molar-refractivity contribution in [2.24, 2.45) is 5.92 Å². The van der Waals surface area contributed by atoms with E-state index in [1.807, 2.05) is 12.1 Å². The van der Waals surface area contributed by atoms with Crippen molar-refractivity contribution in [3.8, 4) is 5.75 Å². The maximum Gasteiger partial charge on any atom is 0.257 e. The number of methoxy groups -OCH3 is 2. The Balaban J connectivity index is 1.92. The molecule has 35 heavy (non-hydrogen) atoms. The van der Waals surface area contributed by atoms with E-state index in [4.69, 9.17) is 14.2 Å². The second-order valence-electron chi connectivity index (χ2n) is 9.07. The molecule has 2 heterocycles. The van der Waals surface area contributed by atoms with E-state index in [1.54, 1.807) is 49.7 Å². The minimum Gasteiger partial charge on any atom is -0.491 e. The van der Waals surface area contributed by atoms with Crippen LogP contribution >= 0.6 is 0 Å². The summed E-state index contributed by atoms with van der Waals surface area (Å²) in [5, 5.41) is 2.76. The summed E-state index contributed by atoms with van der Waals surface area (Å²) in [6, 6.07) is 9.21. The summed E-state index contributed by atoms with van der Waals surface area (Å²) in [6.45, 7) is 6.55. The number of ether oxygens (including phenoxy) is 3. The minimum absolute atomic E-state index is 0.0698. The number of nitrogens with one attached hydrogen (secondary N) is 1. The van der Waals surface area contributed by atoms with Gasteiger partial charge in [0.25, 0.3) is 5.91 Å². The number of carbonyl (C=O) groups is 2. The molecule has 0 aliphatic carbocycles. The lowest BCUT2D eigenvalue weighted by Gasteiger charge is -2.36. The van der Waals surface area contributed by atoms with Gasteiger partial charge in [-0.05, 0) is 48.7 Å². The first-order valence-electron chi connectivity index (χ1n) is 11.8. The van der Waals surface area contributed by atoms with Crippen LogP contribution in [0.25, 0.3) is 0 Å². The molecule has 1 aromatic heterocycles. The number of rotatable bonds is 6. The summed E-state index contributed by atoms with van der Waals surface area (Å²) in [5.41, 5.74) is 2.06. The SMILES string of the molecule is COCC(=O)Nc1ccc2c(c1)C(=O)N(C)C[C@H](OC)[C@@H](C)CN(Cc1ccncc1)[C@H](C)CO2. The molecule has 0 unspecified atom stereocenters. The maximum atomic E-state index is 13.4. The third-order valence-electron chi connectivity index (χ3n) is 6.27. The Morgan fingerprint density at radius 3 is 2.60 bits per heavy atom. The highest BCUT2D eigenvalue weighted by Crippen LogP contribution is 2.26. The molecule has 3 rings (SSSR count). The van der Waals surface area contributed by atoms with Crippen molar-refractivity contribution in [2.75, 3.05) is 52.9 Å². The van der Waals surface area contributed by atoms with Gasteiger partial charge in [-0.3, -0.25) is 19.5 Å². The van der Waals surface area contributed by atoms with Crippen molar-refractivity contribution < 1.29 is 23.8 Å². The number of benzene rings is 1. The Morgan fingerprint density at radius 2 is 1.91 bits per heavy atom. The normalized spacial score (nSPS) is 21.9. The fourth-order valence-electron chi connectivity index (χ4n) is 4.20. The van der Waals surface area contributed by atoms with Gasteiger partial charge in [0.2, 0.25) is 5.91 Å². The van der Waals surface area contributed by atoms with Crippen molar-refractivity contribution in [2.45, 2.75) is 32.5 Å². The van der Waals surface area contributed by atoms with E-state index in [0.29, 0.717) is 30.2 Å². The van der Waals surface area contributed by atoms with E-state index in [9.17, 15) is 9.59 Å². The van der Waals surface area contributed by atoms with Crippen LogP contribution in [0.5, 0.6) is 5.75 Å². The predicted octanol–water partition coefficient (Wildman–Crippen LogP) is 2.67. The lowest BCUT2D eigenvalue weighted by Crippen LogP contribution is -2.46. The highest BCUT2D eigenvalue weighted by Gasteiger charge is 2.28. The number of likely N-dealkylation sites (N-methyl/N-ethyl adjacent to an activating group) is 1. The third kappa shape index (κ3) is 7.24. The summed E-state index contributed by atoms with van der Waals surface area (Å²) >= 11 is 0. The molecule has 1 aliphatic heterocycles. The molecule has 0 saturated carbocycles. The maximum absolute atomic E-state index is 13.4. The molecule has 3 atom stereocenters. The molecule has 0 fully saturated rings. The van der Waals surface area contributed by atoms with Crippen LogP contribution < -0.4 is 10.1 Å². The van der Waals surface area contributed by atoms with Crippen LogP contribution in [0.1, 0.15) is 29.8 Å². The van der Waals surface area contributed by atoms with E-state index in [-0.39, 0.29) is 36.5 Å². The van der Waals surface area contributed by atoms with Gasteiger partial charge < -0.3 is 24.4 Å². The highest BCUT2D eigenvalue weighted by molar-refractivity contribution is 5.99. The molecular formula is C26H36N4O5. The van der Waals surface area contributed by atoms with Gasteiger partial charge in [-0.15, -0.1) is 0 Å². The standard InChI is InChI=1S/C26H36N4O5/c1-18-13-30(14-20-8-10-27-11-9-20)19(2)16-35-23-7-6-21(28-25(31)17-33-4)12-22(23)26(32)29(3)15-24(18)34-5/h6-12,18-19,24H,13-17H2,1-5H3,(H,28,31)/t18-,19+,24-/m0/s1. The summed E-state index contributed by atoms with van der Waals surface area (Å²) < 4.78 is 16.9. The first-order chi connectivity index (χ1) is 16.8. The molecule has 9 heteroatoms. The van der Waals surface area contributed by atoms with E-state index in [0.717, 1.165) is 13.1 Å². The zero-order chi connectivity index (χ0) is 25.4. The summed E-state index contributed by atoms with van der Waals surface area (Å²) in [6.07, 6.45) is 3.45. The molecule has 1 N–H and O–H groups in total. The van der Waals surface area contributed by atoms with Crippen molar-refractivity contribution in [1.82, 2.24) is 14.8 Å². The van der Waals surface area contributed by atoms with Gasteiger partial charge in [-0.25, -0.2) is 0 Å². The lowest BCUT2D eigenvalue weighted by molar-refractivity contribution is -0.119. The number of aromatic nitrogens is 1. The number of nitrogens with zero attached hydrogens (tertiary/aromatic N) is 3. The zero-order valence-electron chi connectivity index (χ0n) is 21.2. The molecule has 1 aliphatic rings. The number of anilines is 1. The molecule has 190 valence electrons. The van der Waals surface area contributed by atoms with E-state index in [1.165, 1.54) is 12.7 Å². The molecule has 2 aromatic rings. The van der Waals surface area contributed by atoms with Crippen molar-refractivity contribution in [1.29, 1.82) is 0 Å². The van der Waals surface area contributed by atoms with Crippen molar-refractivity contribution in [3.05, 3.63) is 53.9 Å². The number of carbonyl (C=O) groups excluding carboxylic acids is 2. The Hall–Kier alpha value is -3.01. The highest BCUT2D eigenvalue weighted by atomic mass is 16.5. The first kappa shape index (κ1) is 26.6. The molecule has 0 bridgehead atoms. The number of hydrogen-bond donors (Lipinski definition) is 1. The lowest BCUT2D eigenvalue weighted by atomic mass is 10.0.